The maximum atomic E-state index is 12.2. The third-order valence-corrected chi connectivity index (χ3v) is 3.33. The molecule has 0 saturated heterocycles. The van der Waals surface area contributed by atoms with Crippen LogP contribution >= 0.6 is 11.6 Å². The summed E-state index contributed by atoms with van der Waals surface area (Å²) in [4.78, 5) is 12.2. The van der Waals surface area contributed by atoms with Crippen molar-refractivity contribution in [1.82, 2.24) is 9.78 Å². The first-order chi connectivity index (χ1) is 9.66. The van der Waals surface area contributed by atoms with E-state index < -0.39 is 0 Å². The Morgan fingerprint density at radius 1 is 1.00 bits per heavy atom. The summed E-state index contributed by atoms with van der Waals surface area (Å²) < 4.78 is 1.41. The van der Waals surface area contributed by atoms with Crippen molar-refractivity contribution in [2.24, 2.45) is 0 Å². The van der Waals surface area contributed by atoms with Gasteiger partial charge >= 0.3 is 0 Å². The summed E-state index contributed by atoms with van der Waals surface area (Å²) in [6, 6.07) is 16.5. The molecule has 0 aliphatic rings. The molecule has 3 rings (SSSR count). The molecule has 5 heteroatoms. The maximum absolute atomic E-state index is 12.2. The minimum atomic E-state index is -0.272. The van der Waals surface area contributed by atoms with Gasteiger partial charge < -0.3 is 5.73 Å². The van der Waals surface area contributed by atoms with Gasteiger partial charge in [0.15, 0.2) is 0 Å². The van der Waals surface area contributed by atoms with E-state index in [1.165, 1.54) is 4.68 Å². The highest BCUT2D eigenvalue weighted by molar-refractivity contribution is 6.30. The van der Waals surface area contributed by atoms with Crippen LogP contribution in [0.5, 0.6) is 0 Å². The summed E-state index contributed by atoms with van der Waals surface area (Å²) in [5.41, 5.74) is 8.01. The van der Waals surface area contributed by atoms with Crippen LogP contribution < -0.4 is 11.3 Å². The van der Waals surface area contributed by atoms with Gasteiger partial charge in [-0.1, -0.05) is 41.9 Å². The molecule has 0 saturated carbocycles. The number of aromatic nitrogens is 2. The Balaban J connectivity index is 2.16. The predicted octanol–water partition coefficient (Wildman–Crippen LogP) is 3.07. The molecule has 100 valence electrons. The smallest absolute Gasteiger partial charge is 0.295 e. The van der Waals surface area contributed by atoms with Crippen LogP contribution in [0.15, 0.2) is 59.4 Å². The molecule has 0 aliphatic carbocycles. The van der Waals surface area contributed by atoms with Gasteiger partial charge in [-0.25, -0.2) is 4.68 Å². The number of rotatable bonds is 2. The van der Waals surface area contributed by atoms with E-state index in [-0.39, 0.29) is 11.2 Å². The monoisotopic (exact) mass is 285 g/mol. The SMILES string of the molecule is Nc1c(-c2ccccc2)[nH]n(-c2ccc(Cl)cc2)c1=O. The first-order valence-electron chi connectivity index (χ1n) is 6.08. The van der Waals surface area contributed by atoms with E-state index in [2.05, 4.69) is 5.10 Å². The number of nitrogen functional groups attached to an aromatic ring is 1. The van der Waals surface area contributed by atoms with Crippen molar-refractivity contribution in [3.05, 3.63) is 70.0 Å². The summed E-state index contributed by atoms with van der Waals surface area (Å²) in [5, 5.41) is 3.65. The van der Waals surface area contributed by atoms with Crippen LogP contribution in [0.4, 0.5) is 5.69 Å². The van der Waals surface area contributed by atoms with Gasteiger partial charge in [0.25, 0.3) is 5.56 Å². The molecule has 0 fully saturated rings. The van der Waals surface area contributed by atoms with E-state index in [4.69, 9.17) is 17.3 Å². The molecule has 2 aromatic carbocycles. The minimum Gasteiger partial charge on any atom is -0.392 e. The zero-order chi connectivity index (χ0) is 14.1. The number of anilines is 1. The molecule has 3 aromatic rings. The van der Waals surface area contributed by atoms with E-state index in [0.717, 1.165) is 5.56 Å². The van der Waals surface area contributed by atoms with Crippen LogP contribution in [-0.4, -0.2) is 9.78 Å². The Hall–Kier alpha value is -2.46. The molecule has 1 aromatic heterocycles. The molecule has 4 nitrogen and oxygen atoms in total. The molecule has 0 spiro atoms. The summed E-state index contributed by atoms with van der Waals surface area (Å²) in [7, 11) is 0. The summed E-state index contributed by atoms with van der Waals surface area (Å²) in [6.45, 7) is 0. The maximum Gasteiger partial charge on any atom is 0.295 e. The predicted molar refractivity (Wildman–Crippen MR) is 81.2 cm³/mol. The molecule has 0 atom stereocenters. The fourth-order valence-electron chi connectivity index (χ4n) is 2.05. The molecular weight excluding hydrogens is 274 g/mol. The lowest BCUT2D eigenvalue weighted by atomic mass is 10.1. The van der Waals surface area contributed by atoms with E-state index in [9.17, 15) is 4.79 Å². The number of hydrogen-bond acceptors (Lipinski definition) is 2. The van der Waals surface area contributed by atoms with Crippen LogP contribution in [0.1, 0.15) is 0 Å². The van der Waals surface area contributed by atoms with Crippen molar-refractivity contribution in [2.45, 2.75) is 0 Å². The number of halogens is 1. The lowest BCUT2D eigenvalue weighted by molar-refractivity contribution is 0.853. The van der Waals surface area contributed by atoms with Crippen molar-refractivity contribution in [2.75, 3.05) is 5.73 Å². The third kappa shape index (κ3) is 2.10. The van der Waals surface area contributed by atoms with Gasteiger partial charge in [0, 0.05) is 10.6 Å². The number of nitrogens with one attached hydrogen (secondary N) is 1. The highest BCUT2D eigenvalue weighted by atomic mass is 35.5. The summed E-state index contributed by atoms with van der Waals surface area (Å²) >= 11 is 5.85. The van der Waals surface area contributed by atoms with Gasteiger partial charge in [0.2, 0.25) is 0 Å². The quantitative estimate of drug-likeness (QED) is 0.760. The number of benzene rings is 2. The summed E-state index contributed by atoms with van der Waals surface area (Å²) in [6.07, 6.45) is 0. The second-order valence-electron chi connectivity index (χ2n) is 4.38. The third-order valence-electron chi connectivity index (χ3n) is 3.07. The van der Waals surface area contributed by atoms with Gasteiger partial charge in [-0.05, 0) is 24.3 Å². The van der Waals surface area contributed by atoms with Crippen molar-refractivity contribution < 1.29 is 0 Å². The number of aromatic amines is 1. The summed E-state index contributed by atoms with van der Waals surface area (Å²) in [5.74, 6) is 0. The Bertz CT molecular complexity index is 788. The fraction of sp³-hybridized carbons (Fsp3) is 0. The standard InChI is InChI=1S/C15H12ClN3O/c16-11-6-8-12(9-7-11)19-15(20)13(17)14(18-19)10-4-2-1-3-5-10/h1-9,18H,17H2. The van der Waals surface area contributed by atoms with E-state index in [1.54, 1.807) is 24.3 Å². The zero-order valence-corrected chi connectivity index (χ0v) is 11.3. The van der Waals surface area contributed by atoms with Crippen molar-refractivity contribution in [3.63, 3.8) is 0 Å². The topological polar surface area (TPSA) is 63.8 Å². The van der Waals surface area contributed by atoms with Gasteiger partial charge in [-0.15, -0.1) is 0 Å². The second kappa shape index (κ2) is 4.90. The van der Waals surface area contributed by atoms with Crippen LogP contribution in [0.25, 0.3) is 16.9 Å². The highest BCUT2D eigenvalue weighted by Crippen LogP contribution is 2.22. The van der Waals surface area contributed by atoms with Crippen LogP contribution in [0.3, 0.4) is 0 Å². The van der Waals surface area contributed by atoms with Crippen molar-refractivity contribution in [1.29, 1.82) is 0 Å². The van der Waals surface area contributed by atoms with Crippen LogP contribution in [-0.2, 0) is 0 Å². The van der Waals surface area contributed by atoms with E-state index >= 15 is 0 Å². The van der Waals surface area contributed by atoms with Gasteiger partial charge in [0.1, 0.15) is 5.69 Å². The molecule has 0 aliphatic heterocycles. The zero-order valence-electron chi connectivity index (χ0n) is 10.5. The largest absolute Gasteiger partial charge is 0.392 e. The average Bonchev–Trinajstić information content (AvgIpc) is 2.77. The van der Waals surface area contributed by atoms with E-state index in [1.807, 2.05) is 30.3 Å². The molecule has 0 amide bonds. The normalized spacial score (nSPS) is 10.7. The van der Waals surface area contributed by atoms with Crippen molar-refractivity contribution in [3.8, 4) is 16.9 Å². The first-order valence-corrected chi connectivity index (χ1v) is 6.46. The lowest BCUT2D eigenvalue weighted by Crippen LogP contribution is -2.16. The number of hydrogen-bond donors (Lipinski definition) is 2. The van der Waals surface area contributed by atoms with Crippen molar-refractivity contribution >= 4 is 17.3 Å². The Kier molecular flexibility index (Phi) is 3.08. The lowest BCUT2D eigenvalue weighted by Gasteiger charge is -2.02. The molecule has 0 radical (unpaired) electrons. The molecule has 0 bridgehead atoms. The Morgan fingerprint density at radius 2 is 1.65 bits per heavy atom. The average molecular weight is 286 g/mol. The Labute approximate surface area is 120 Å². The minimum absolute atomic E-state index is 0.200. The molecule has 0 unspecified atom stereocenters. The van der Waals surface area contributed by atoms with Crippen LogP contribution in [0, 0.1) is 0 Å². The molecule has 20 heavy (non-hydrogen) atoms. The van der Waals surface area contributed by atoms with Gasteiger partial charge in [-0.3, -0.25) is 9.89 Å². The van der Waals surface area contributed by atoms with Gasteiger partial charge in [0.05, 0.1) is 11.4 Å². The molecule has 1 heterocycles. The molecule has 3 N–H and O–H groups in total. The second-order valence-corrected chi connectivity index (χ2v) is 4.82. The fourth-order valence-corrected chi connectivity index (χ4v) is 2.17. The number of nitrogens with two attached hydrogens (primary N) is 1. The van der Waals surface area contributed by atoms with E-state index in [0.29, 0.717) is 16.4 Å². The highest BCUT2D eigenvalue weighted by Gasteiger charge is 2.13. The number of nitrogens with zero attached hydrogens (tertiary/aromatic N) is 1. The van der Waals surface area contributed by atoms with Gasteiger partial charge in [-0.2, -0.15) is 0 Å². The molecular formula is C15H12ClN3O. The number of H-pyrrole nitrogens is 1. The van der Waals surface area contributed by atoms with Crippen LogP contribution in [0.2, 0.25) is 5.02 Å². The Morgan fingerprint density at radius 3 is 2.30 bits per heavy atom. The first kappa shape index (κ1) is 12.6.